The summed E-state index contributed by atoms with van der Waals surface area (Å²) in [7, 11) is 0. The third kappa shape index (κ3) is 2.17. The third-order valence-corrected chi connectivity index (χ3v) is 2.48. The van der Waals surface area contributed by atoms with Crippen LogP contribution in [0.2, 0.25) is 0 Å². The topological polar surface area (TPSA) is 0 Å². The van der Waals surface area contributed by atoms with Crippen LogP contribution in [0, 0.1) is 11.8 Å². The maximum Gasteiger partial charge on any atom is 0.0341 e. The van der Waals surface area contributed by atoms with Gasteiger partial charge in [0.05, 0.1) is 0 Å². The molecule has 2 unspecified atom stereocenters. The first-order valence-electron chi connectivity index (χ1n) is 3.82. The molecule has 0 aromatic carbocycles. The molecule has 0 aromatic rings. The van der Waals surface area contributed by atoms with Gasteiger partial charge in [0.2, 0.25) is 0 Å². The quantitative estimate of drug-likeness (QED) is 0.461. The lowest BCUT2D eigenvalue weighted by atomic mass is 9.83. The summed E-state index contributed by atoms with van der Waals surface area (Å²) in [5, 5.41) is 0.462. The Morgan fingerprint density at radius 2 is 1.44 bits per heavy atom. The fraction of sp³-hybridized carbons (Fsp3) is 1.00. The summed E-state index contributed by atoms with van der Waals surface area (Å²) in [5.74, 6) is 1.72. The lowest BCUT2D eigenvalue weighted by Gasteiger charge is -2.27. The predicted octanol–water partition coefficient (Wildman–Crippen LogP) is 3.05. The lowest BCUT2D eigenvalue weighted by Crippen LogP contribution is -2.19. The van der Waals surface area contributed by atoms with E-state index in [-0.39, 0.29) is 0 Å². The van der Waals surface area contributed by atoms with Gasteiger partial charge in [0.15, 0.2) is 0 Å². The van der Waals surface area contributed by atoms with Crippen LogP contribution in [0.3, 0.4) is 0 Å². The first kappa shape index (κ1) is 7.40. The van der Waals surface area contributed by atoms with E-state index >= 15 is 0 Å². The number of hydrogen-bond donors (Lipinski definition) is 0. The van der Waals surface area contributed by atoms with Crippen molar-refractivity contribution >= 4 is 11.6 Å². The molecule has 0 heterocycles. The highest BCUT2D eigenvalue weighted by atomic mass is 35.5. The van der Waals surface area contributed by atoms with Crippen LogP contribution in [0.1, 0.15) is 33.1 Å². The molecule has 1 aliphatic rings. The molecule has 0 saturated heterocycles. The Bertz CT molecular complexity index is 65.5. The van der Waals surface area contributed by atoms with E-state index in [0.29, 0.717) is 5.38 Å². The molecule has 0 bridgehead atoms. The van der Waals surface area contributed by atoms with E-state index in [9.17, 15) is 0 Å². The molecule has 0 spiro atoms. The van der Waals surface area contributed by atoms with Crippen LogP contribution < -0.4 is 0 Å². The van der Waals surface area contributed by atoms with Gasteiger partial charge in [0.1, 0.15) is 0 Å². The van der Waals surface area contributed by atoms with E-state index in [0.717, 1.165) is 11.8 Å². The summed E-state index contributed by atoms with van der Waals surface area (Å²) in [6.07, 6.45) is 3.83. The van der Waals surface area contributed by atoms with Gasteiger partial charge in [0.25, 0.3) is 0 Å². The van der Waals surface area contributed by atoms with Gasteiger partial charge in [-0.1, -0.05) is 13.8 Å². The second-order valence-corrected chi connectivity index (χ2v) is 4.13. The van der Waals surface area contributed by atoms with E-state index in [2.05, 4.69) is 13.8 Å². The third-order valence-electron chi connectivity index (χ3n) is 2.12. The van der Waals surface area contributed by atoms with Gasteiger partial charge in [-0.2, -0.15) is 0 Å². The molecule has 1 aliphatic carbocycles. The SMILES string of the molecule is CC1CC(C)CC(Cl)C1. The number of hydrogen-bond acceptors (Lipinski definition) is 0. The van der Waals surface area contributed by atoms with E-state index in [1.54, 1.807) is 0 Å². The van der Waals surface area contributed by atoms with Crippen LogP contribution in [0.4, 0.5) is 0 Å². The molecule has 0 N–H and O–H groups in total. The maximum absolute atomic E-state index is 6.01. The van der Waals surface area contributed by atoms with Crippen LogP contribution >= 0.6 is 11.6 Å². The molecule has 1 saturated carbocycles. The fourth-order valence-corrected chi connectivity index (χ4v) is 2.46. The molecule has 54 valence electrons. The minimum atomic E-state index is 0.462. The summed E-state index contributed by atoms with van der Waals surface area (Å²) in [6.45, 7) is 4.59. The number of halogens is 1. The Balaban J connectivity index is 2.34. The Hall–Kier alpha value is 0.290. The Morgan fingerprint density at radius 3 is 1.78 bits per heavy atom. The zero-order valence-corrected chi connectivity index (χ0v) is 6.99. The van der Waals surface area contributed by atoms with Gasteiger partial charge in [-0.3, -0.25) is 0 Å². The summed E-state index contributed by atoms with van der Waals surface area (Å²) in [6, 6.07) is 0. The average Bonchev–Trinajstić information content (AvgIpc) is 1.59. The van der Waals surface area contributed by atoms with Crippen molar-refractivity contribution in [3.63, 3.8) is 0 Å². The minimum Gasteiger partial charge on any atom is -0.123 e. The lowest BCUT2D eigenvalue weighted by molar-refractivity contribution is 0.306. The van der Waals surface area contributed by atoms with Crippen molar-refractivity contribution in [2.45, 2.75) is 38.5 Å². The Kier molecular flexibility index (Phi) is 2.40. The van der Waals surface area contributed by atoms with Crippen LogP contribution in [0.25, 0.3) is 0 Å². The molecule has 1 rings (SSSR count). The first-order chi connectivity index (χ1) is 4.18. The van der Waals surface area contributed by atoms with Crippen LogP contribution in [0.15, 0.2) is 0 Å². The van der Waals surface area contributed by atoms with E-state index in [1.165, 1.54) is 19.3 Å². The van der Waals surface area contributed by atoms with Gasteiger partial charge >= 0.3 is 0 Å². The first-order valence-corrected chi connectivity index (χ1v) is 4.26. The molecule has 0 radical (unpaired) electrons. The number of alkyl halides is 1. The van der Waals surface area contributed by atoms with Crippen molar-refractivity contribution in [1.29, 1.82) is 0 Å². The smallest absolute Gasteiger partial charge is 0.0341 e. The van der Waals surface area contributed by atoms with Crippen molar-refractivity contribution in [3.05, 3.63) is 0 Å². The summed E-state index contributed by atoms with van der Waals surface area (Å²) in [5.41, 5.74) is 0. The maximum atomic E-state index is 6.01. The summed E-state index contributed by atoms with van der Waals surface area (Å²) >= 11 is 6.01. The van der Waals surface area contributed by atoms with Crippen molar-refractivity contribution in [1.82, 2.24) is 0 Å². The molecule has 0 aromatic heterocycles. The largest absolute Gasteiger partial charge is 0.123 e. The van der Waals surface area contributed by atoms with Crippen LogP contribution in [-0.4, -0.2) is 5.38 Å². The highest BCUT2D eigenvalue weighted by molar-refractivity contribution is 6.20. The molecule has 2 atom stereocenters. The van der Waals surface area contributed by atoms with Gasteiger partial charge in [0, 0.05) is 5.38 Å². The predicted molar refractivity (Wildman–Crippen MR) is 41.8 cm³/mol. The average molecular weight is 147 g/mol. The van der Waals surface area contributed by atoms with E-state index in [1.807, 2.05) is 0 Å². The highest BCUT2D eigenvalue weighted by Crippen LogP contribution is 2.31. The normalized spacial score (nSPS) is 45.0. The Morgan fingerprint density at radius 1 is 1.00 bits per heavy atom. The van der Waals surface area contributed by atoms with E-state index < -0.39 is 0 Å². The molecular weight excluding hydrogens is 132 g/mol. The molecule has 1 heteroatoms. The zero-order chi connectivity index (χ0) is 6.85. The highest BCUT2D eigenvalue weighted by Gasteiger charge is 2.21. The van der Waals surface area contributed by atoms with Gasteiger partial charge < -0.3 is 0 Å². The van der Waals surface area contributed by atoms with E-state index in [4.69, 9.17) is 11.6 Å². The van der Waals surface area contributed by atoms with Crippen molar-refractivity contribution in [2.24, 2.45) is 11.8 Å². The molecule has 0 nitrogen and oxygen atoms in total. The van der Waals surface area contributed by atoms with Crippen molar-refractivity contribution in [2.75, 3.05) is 0 Å². The summed E-state index contributed by atoms with van der Waals surface area (Å²) < 4.78 is 0. The second-order valence-electron chi connectivity index (χ2n) is 3.51. The molecular formula is C8H15Cl. The fourth-order valence-electron chi connectivity index (χ4n) is 1.85. The zero-order valence-electron chi connectivity index (χ0n) is 6.23. The second kappa shape index (κ2) is 2.92. The standard InChI is InChI=1S/C8H15Cl/c1-6-3-7(2)5-8(9)4-6/h6-8H,3-5H2,1-2H3. The summed E-state index contributed by atoms with van der Waals surface area (Å²) in [4.78, 5) is 0. The van der Waals surface area contributed by atoms with Gasteiger partial charge in [-0.25, -0.2) is 0 Å². The van der Waals surface area contributed by atoms with Crippen LogP contribution in [0.5, 0.6) is 0 Å². The van der Waals surface area contributed by atoms with Gasteiger partial charge in [-0.05, 0) is 31.1 Å². The van der Waals surface area contributed by atoms with Crippen molar-refractivity contribution < 1.29 is 0 Å². The molecule has 0 amide bonds. The van der Waals surface area contributed by atoms with Crippen LogP contribution in [-0.2, 0) is 0 Å². The Labute approximate surface area is 62.6 Å². The minimum absolute atomic E-state index is 0.462. The van der Waals surface area contributed by atoms with Gasteiger partial charge in [-0.15, -0.1) is 11.6 Å². The van der Waals surface area contributed by atoms with Crippen molar-refractivity contribution in [3.8, 4) is 0 Å². The molecule has 9 heavy (non-hydrogen) atoms. The molecule has 0 aliphatic heterocycles. The monoisotopic (exact) mass is 146 g/mol. The number of rotatable bonds is 0. The molecule has 1 fully saturated rings.